The first-order valence-corrected chi connectivity index (χ1v) is 7.14. The molecule has 0 N–H and O–H groups in total. The molecule has 2 aliphatic heterocycles. The van der Waals surface area contributed by atoms with Crippen LogP contribution < -0.4 is 0 Å². The van der Waals surface area contributed by atoms with Crippen LogP contribution in [0.25, 0.3) is 0 Å². The lowest BCUT2D eigenvalue weighted by molar-refractivity contribution is -0.133. The lowest BCUT2D eigenvalue weighted by atomic mass is 10.0. The molecule has 0 radical (unpaired) electrons. The predicted octanol–water partition coefficient (Wildman–Crippen LogP) is 2.89. The summed E-state index contributed by atoms with van der Waals surface area (Å²) >= 11 is 5.91. The Kier molecular flexibility index (Phi) is 3.83. The lowest BCUT2D eigenvalue weighted by Crippen LogP contribution is -2.33. The highest BCUT2D eigenvalue weighted by molar-refractivity contribution is 6.30. The summed E-state index contributed by atoms with van der Waals surface area (Å²) in [5.41, 5.74) is 1.11. The smallest absolute Gasteiger partial charge is 0.292 e. The Balaban J connectivity index is 1.79. The summed E-state index contributed by atoms with van der Waals surface area (Å²) in [6.45, 7) is 1.67. The van der Waals surface area contributed by atoms with Gasteiger partial charge in [-0.3, -0.25) is 4.79 Å². The molecule has 0 spiro atoms. The Morgan fingerprint density at radius 3 is 2.75 bits per heavy atom. The van der Waals surface area contributed by atoms with Gasteiger partial charge in [-0.2, -0.15) is 0 Å². The molecule has 1 atom stereocenters. The third-order valence-electron chi connectivity index (χ3n) is 3.63. The topological polar surface area (TPSA) is 38.8 Å². The third-order valence-corrected chi connectivity index (χ3v) is 3.88. The molecule has 2 aliphatic rings. The zero-order valence-electron chi connectivity index (χ0n) is 11.0. The van der Waals surface area contributed by atoms with Crippen LogP contribution in [0.1, 0.15) is 24.4 Å². The molecule has 20 heavy (non-hydrogen) atoms. The summed E-state index contributed by atoms with van der Waals surface area (Å²) in [4.78, 5) is 14.3. The van der Waals surface area contributed by atoms with E-state index in [9.17, 15) is 4.79 Å². The average molecular weight is 294 g/mol. The summed E-state index contributed by atoms with van der Waals surface area (Å²) in [6, 6.07) is 7.76. The number of benzene rings is 1. The summed E-state index contributed by atoms with van der Waals surface area (Å²) in [5, 5.41) is 0.705. The molecule has 0 aliphatic carbocycles. The van der Waals surface area contributed by atoms with Gasteiger partial charge in [0.25, 0.3) is 5.91 Å². The van der Waals surface area contributed by atoms with Crippen molar-refractivity contribution in [3.63, 3.8) is 0 Å². The molecule has 106 valence electrons. The molecule has 1 aromatic carbocycles. The quantitative estimate of drug-likeness (QED) is 0.841. The first-order chi connectivity index (χ1) is 9.75. The van der Waals surface area contributed by atoms with E-state index in [1.165, 1.54) is 6.26 Å². The molecule has 0 saturated carbocycles. The molecule has 1 unspecified atom stereocenters. The van der Waals surface area contributed by atoms with Crippen molar-refractivity contribution in [1.82, 2.24) is 4.90 Å². The molecule has 0 aromatic heterocycles. The third kappa shape index (κ3) is 2.61. The van der Waals surface area contributed by atoms with Crippen LogP contribution in [0.2, 0.25) is 5.02 Å². The highest BCUT2D eigenvalue weighted by Crippen LogP contribution is 2.33. The van der Waals surface area contributed by atoms with E-state index in [1.807, 2.05) is 29.2 Å². The molecule has 5 heteroatoms. The fourth-order valence-corrected chi connectivity index (χ4v) is 2.79. The number of halogens is 1. The van der Waals surface area contributed by atoms with Gasteiger partial charge in [0, 0.05) is 11.6 Å². The van der Waals surface area contributed by atoms with Gasteiger partial charge >= 0.3 is 0 Å². The lowest BCUT2D eigenvalue weighted by Gasteiger charge is -2.27. The normalized spacial score (nSPS) is 21.9. The Bertz CT molecular complexity index is 526. The Morgan fingerprint density at radius 1 is 1.25 bits per heavy atom. The van der Waals surface area contributed by atoms with Crippen LogP contribution >= 0.6 is 11.6 Å². The number of nitrogens with zero attached hydrogens (tertiary/aromatic N) is 1. The number of hydrogen-bond acceptors (Lipinski definition) is 3. The number of carbonyl (C=O) groups excluding carboxylic acids is 1. The van der Waals surface area contributed by atoms with E-state index in [1.54, 1.807) is 0 Å². The van der Waals surface area contributed by atoms with Gasteiger partial charge in [-0.15, -0.1) is 0 Å². The highest BCUT2D eigenvalue weighted by atomic mass is 35.5. The minimum absolute atomic E-state index is 0.0891. The summed E-state index contributed by atoms with van der Waals surface area (Å²) in [6.07, 6.45) is 3.37. The van der Waals surface area contributed by atoms with Gasteiger partial charge in [-0.05, 0) is 30.5 Å². The van der Waals surface area contributed by atoms with E-state index in [0.717, 1.165) is 24.9 Å². The summed E-state index contributed by atoms with van der Waals surface area (Å²) < 4.78 is 10.5. The highest BCUT2D eigenvalue weighted by Gasteiger charge is 2.33. The minimum atomic E-state index is -0.0952. The van der Waals surface area contributed by atoms with Crippen molar-refractivity contribution in [2.24, 2.45) is 0 Å². The van der Waals surface area contributed by atoms with Crippen LogP contribution in [-0.4, -0.2) is 30.6 Å². The monoisotopic (exact) mass is 293 g/mol. The summed E-state index contributed by atoms with van der Waals surface area (Å²) in [5.74, 6) is 0.208. The Morgan fingerprint density at radius 2 is 2.05 bits per heavy atom. The fraction of sp³-hybridized carbons (Fsp3) is 0.400. The van der Waals surface area contributed by atoms with Gasteiger partial charge in [-0.1, -0.05) is 23.7 Å². The summed E-state index contributed by atoms with van der Waals surface area (Å²) in [7, 11) is 0. The average Bonchev–Trinajstić information content (AvgIpc) is 2.97. The standard InChI is InChI=1S/C15H16ClNO3/c16-12-5-3-11(4-6-12)13-2-1-7-17(13)15(18)14-10-19-8-9-20-14/h3-6,10,13H,1-2,7-9H2. The zero-order valence-corrected chi connectivity index (χ0v) is 11.8. The number of carbonyl (C=O) groups is 1. The maximum absolute atomic E-state index is 12.5. The van der Waals surface area contributed by atoms with Crippen molar-refractivity contribution in [2.45, 2.75) is 18.9 Å². The van der Waals surface area contributed by atoms with E-state index in [-0.39, 0.29) is 11.9 Å². The van der Waals surface area contributed by atoms with Crippen molar-refractivity contribution in [1.29, 1.82) is 0 Å². The van der Waals surface area contributed by atoms with Gasteiger partial charge in [0.05, 0.1) is 6.04 Å². The predicted molar refractivity (Wildman–Crippen MR) is 75.1 cm³/mol. The van der Waals surface area contributed by atoms with Gasteiger partial charge in [0.15, 0.2) is 0 Å². The molecule has 1 amide bonds. The number of amides is 1. The van der Waals surface area contributed by atoms with Gasteiger partial charge in [0.1, 0.15) is 19.5 Å². The molecule has 1 fully saturated rings. The second-order valence-electron chi connectivity index (χ2n) is 4.91. The van der Waals surface area contributed by atoms with Crippen molar-refractivity contribution in [3.8, 4) is 0 Å². The maximum atomic E-state index is 12.5. The molecule has 1 saturated heterocycles. The second kappa shape index (κ2) is 5.75. The number of ether oxygens (including phenoxy) is 2. The van der Waals surface area contributed by atoms with Crippen LogP contribution in [0.15, 0.2) is 36.3 Å². The molecule has 0 bridgehead atoms. The van der Waals surface area contributed by atoms with E-state index >= 15 is 0 Å². The maximum Gasteiger partial charge on any atom is 0.292 e. The SMILES string of the molecule is O=C(C1=COCCO1)N1CCCC1c1ccc(Cl)cc1. The first-order valence-electron chi connectivity index (χ1n) is 6.77. The number of likely N-dealkylation sites (tertiary alicyclic amines) is 1. The fourth-order valence-electron chi connectivity index (χ4n) is 2.66. The van der Waals surface area contributed by atoms with E-state index in [4.69, 9.17) is 21.1 Å². The van der Waals surface area contributed by atoms with Crippen molar-refractivity contribution >= 4 is 17.5 Å². The van der Waals surface area contributed by atoms with Crippen LogP contribution in [0.3, 0.4) is 0 Å². The second-order valence-corrected chi connectivity index (χ2v) is 5.35. The molecular weight excluding hydrogens is 278 g/mol. The molecule has 2 heterocycles. The van der Waals surface area contributed by atoms with Crippen LogP contribution in [0.4, 0.5) is 0 Å². The molecule has 1 aromatic rings. The largest absolute Gasteiger partial charge is 0.494 e. The molecule has 3 rings (SSSR count). The van der Waals surface area contributed by atoms with Crippen molar-refractivity contribution < 1.29 is 14.3 Å². The Hall–Kier alpha value is -1.68. The minimum Gasteiger partial charge on any atom is -0.494 e. The zero-order chi connectivity index (χ0) is 13.9. The van der Waals surface area contributed by atoms with Gasteiger partial charge < -0.3 is 14.4 Å². The number of hydrogen-bond donors (Lipinski definition) is 0. The van der Waals surface area contributed by atoms with Crippen molar-refractivity contribution in [2.75, 3.05) is 19.8 Å². The Labute approximate surface area is 122 Å². The number of rotatable bonds is 2. The van der Waals surface area contributed by atoms with E-state index in [2.05, 4.69) is 0 Å². The van der Waals surface area contributed by atoms with E-state index < -0.39 is 0 Å². The van der Waals surface area contributed by atoms with Crippen LogP contribution in [0, 0.1) is 0 Å². The molecule has 4 nitrogen and oxygen atoms in total. The molecular formula is C15H16ClNO3. The van der Waals surface area contributed by atoms with Crippen molar-refractivity contribution in [3.05, 3.63) is 46.9 Å². The first kappa shape index (κ1) is 13.3. The van der Waals surface area contributed by atoms with Gasteiger partial charge in [0.2, 0.25) is 5.76 Å². The van der Waals surface area contributed by atoms with Crippen LogP contribution in [-0.2, 0) is 14.3 Å². The van der Waals surface area contributed by atoms with Crippen LogP contribution in [0.5, 0.6) is 0 Å². The van der Waals surface area contributed by atoms with Gasteiger partial charge in [-0.25, -0.2) is 0 Å². The van der Waals surface area contributed by atoms with E-state index in [0.29, 0.717) is 24.0 Å².